The second-order valence-corrected chi connectivity index (χ2v) is 6.12. The van der Waals surface area contributed by atoms with Crippen LogP contribution in [0, 0.1) is 5.82 Å². The van der Waals surface area contributed by atoms with E-state index in [0.717, 1.165) is 6.42 Å². The smallest absolute Gasteiger partial charge is 0.123 e. The van der Waals surface area contributed by atoms with Crippen molar-refractivity contribution in [2.24, 2.45) is 0 Å². The third-order valence-corrected chi connectivity index (χ3v) is 4.65. The molecule has 1 saturated heterocycles. The Morgan fingerprint density at radius 2 is 2.17 bits per heavy atom. The van der Waals surface area contributed by atoms with Gasteiger partial charge in [0.2, 0.25) is 0 Å². The van der Waals surface area contributed by atoms with E-state index in [1.54, 1.807) is 12.1 Å². The number of halogens is 1. The molecule has 0 bridgehead atoms. The van der Waals surface area contributed by atoms with Gasteiger partial charge in [-0.1, -0.05) is 31.9 Å². The van der Waals surface area contributed by atoms with Crippen LogP contribution < -0.4 is 5.32 Å². The Morgan fingerprint density at radius 1 is 1.39 bits per heavy atom. The van der Waals surface area contributed by atoms with Crippen LogP contribution in [-0.4, -0.2) is 17.5 Å². The summed E-state index contributed by atoms with van der Waals surface area (Å²) >= 11 is 2.02. The van der Waals surface area contributed by atoms with Crippen molar-refractivity contribution < 1.29 is 4.39 Å². The van der Waals surface area contributed by atoms with Gasteiger partial charge in [-0.25, -0.2) is 4.39 Å². The second-order valence-electron chi connectivity index (χ2n) is 4.97. The van der Waals surface area contributed by atoms with E-state index < -0.39 is 0 Å². The van der Waals surface area contributed by atoms with Crippen LogP contribution >= 0.6 is 11.8 Å². The van der Waals surface area contributed by atoms with Gasteiger partial charge in [0.15, 0.2) is 0 Å². The number of thioether (sulfide) groups is 1. The average Bonchev–Trinajstić information content (AvgIpc) is 2.88. The van der Waals surface area contributed by atoms with Crippen LogP contribution in [-0.2, 0) is 0 Å². The topological polar surface area (TPSA) is 12.0 Å². The van der Waals surface area contributed by atoms with E-state index in [1.165, 1.54) is 36.3 Å². The first-order valence-corrected chi connectivity index (χ1v) is 8.04. The van der Waals surface area contributed by atoms with E-state index in [-0.39, 0.29) is 5.82 Å². The standard InChI is InChI=1S/C15H22FNS/c1-2-3-4-15(17-14-9-10-18-11-14)12-5-7-13(16)8-6-12/h5-8,14-15,17H,2-4,9-11H2,1H3. The summed E-state index contributed by atoms with van der Waals surface area (Å²) in [6.07, 6.45) is 4.82. The number of benzene rings is 1. The fraction of sp³-hybridized carbons (Fsp3) is 0.600. The molecule has 1 nitrogen and oxygen atoms in total. The molecule has 0 amide bonds. The minimum absolute atomic E-state index is 0.149. The van der Waals surface area contributed by atoms with Crippen molar-refractivity contribution in [2.45, 2.75) is 44.7 Å². The predicted octanol–water partition coefficient (Wildman–Crippen LogP) is 4.15. The summed E-state index contributed by atoms with van der Waals surface area (Å²) in [5.41, 5.74) is 1.22. The normalized spacial score (nSPS) is 21.1. The van der Waals surface area contributed by atoms with E-state index in [9.17, 15) is 4.39 Å². The van der Waals surface area contributed by atoms with Gasteiger partial charge in [-0.3, -0.25) is 0 Å². The van der Waals surface area contributed by atoms with E-state index in [4.69, 9.17) is 0 Å². The van der Waals surface area contributed by atoms with Gasteiger partial charge in [-0.2, -0.15) is 11.8 Å². The Labute approximate surface area is 114 Å². The maximum atomic E-state index is 13.0. The number of nitrogens with one attached hydrogen (secondary N) is 1. The SMILES string of the molecule is CCCCC(NC1CCSC1)c1ccc(F)cc1. The molecule has 0 radical (unpaired) electrons. The van der Waals surface area contributed by atoms with Gasteiger partial charge in [-0.15, -0.1) is 0 Å². The van der Waals surface area contributed by atoms with Gasteiger partial charge in [0.05, 0.1) is 0 Å². The third-order valence-electron chi connectivity index (χ3n) is 3.49. The summed E-state index contributed by atoms with van der Waals surface area (Å²) < 4.78 is 13.0. The van der Waals surface area contributed by atoms with Crippen LogP contribution in [0.1, 0.15) is 44.2 Å². The Hall–Kier alpha value is -0.540. The summed E-state index contributed by atoms with van der Waals surface area (Å²) in [6.45, 7) is 2.22. The fourth-order valence-electron chi connectivity index (χ4n) is 2.40. The number of rotatable bonds is 6. The molecule has 1 aromatic carbocycles. The molecule has 18 heavy (non-hydrogen) atoms. The lowest BCUT2D eigenvalue weighted by atomic mass is 10.00. The van der Waals surface area contributed by atoms with Crippen LogP contribution in [0.2, 0.25) is 0 Å². The molecule has 1 heterocycles. The molecule has 1 N–H and O–H groups in total. The van der Waals surface area contributed by atoms with Crippen molar-refractivity contribution >= 4 is 11.8 Å². The van der Waals surface area contributed by atoms with E-state index >= 15 is 0 Å². The summed E-state index contributed by atoms with van der Waals surface area (Å²) in [4.78, 5) is 0. The monoisotopic (exact) mass is 267 g/mol. The van der Waals surface area contributed by atoms with Gasteiger partial charge in [0.1, 0.15) is 5.82 Å². The molecule has 1 aromatic rings. The van der Waals surface area contributed by atoms with Crippen LogP contribution in [0.15, 0.2) is 24.3 Å². The quantitative estimate of drug-likeness (QED) is 0.831. The van der Waals surface area contributed by atoms with Gasteiger partial charge in [-0.05, 0) is 36.3 Å². The number of hydrogen-bond acceptors (Lipinski definition) is 2. The summed E-state index contributed by atoms with van der Waals surface area (Å²) in [5, 5.41) is 3.74. The Morgan fingerprint density at radius 3 is 2.78 bits per heavy atom. The highest BCUT2D eigenvalue weighted by molar-refractivity contribution is 7.99. The molecular formula is C15H22FNS. The Balaban J connectivity index is 2.00. The van der Waals surface area contributed by atoms with E-state index in [1.807, 2.05) is 23.9 Å². The highest BCUT2D eigenvalue weighted by atomic mass is 32.2. The molecule has 2 atom stereocenters. The maximum Gasteiger partial charge on any atom is 0.123 e. The van der Waals surface area contributed by atoms with Crippen molar-refractivity contribution in [1.29, 1.82) is 0 Å². The number of unbranched alkanes of at least 4 members (excludes halogenated alkanes) is 1. The van der Waals surface area contributed by atoms with Crippen LogP contribution in [0.3, 0.4) is 0 Å². The highest BCUT2D eigenvalue weighted by Gasteiger charge is 2.20. The molecular weight excluding hydrogens is 245 g/mol. The molecule has 0 spiro atoms. The van der Waals surface area contributed by atoms with Gasteiger partial charge in [0, 0.05) is 17.8 Å². The lowest BCUT2D eigenvalue weighted by Gasteiger charge is -2.23. The average molecular weight is 267 g/mol. The molecule has 1 aliphatic heterocycles. The van der Waals surface area contributed by atoms with Gasteiger partial charge >= 0.3 is 0 Å². The molecule has 2 rings (SSSR count). The first-order valence-electron chi connectivity index (χ1n) is 6.89. The Kier molecular flexibility index (Phi) is 5.51. The third kappa shape index (κ3) is 3.99. The van der Waals surface area contributed by atoms with Crippen molar-refractivity contribution in [3.8, 4) is 0 Å². The second kappa shape index (κ2) is 7.15. The van der Waals surface area contributed by atoms with E-state index in [2.05, 4.69) is 12.2 Å². The lowest BCUT2D eigenvalue weighted by molar-refractivity contribution is 0.427. The molecule has 1 aliphatic rings. The van der Waals surface area contributed by atoms with Crippen molar-refractivity contribution in [1.82, 2.24) is 5.32 Å². The summed E-state index contributed by atoms with van der Waals surface area (Å²) in [7, 11) is 0. The van der Waals surface area contributed by atoms with Gasteiger partial charge in [0.25, 0.3) is 0 Å². The maximum absolute atomic E-state index is 13.0. The van der Waals surface area contributed by atoms with Crippen molar-refractivity contribution in [2.75, 3.05) is 11.5 Å². The zero-order valence-electron chi connectivity index (χ0n) is 11.0. The lowest BCUT2D eigenvalue weighted by Crippen LogP contribution is -2.32. The first-order chi connectivity index (χ1) is 8.79. The van der Waals surface area contributed by atoms with Gasteiger partial charge < -0.3 is 5.32 Å². The molecule has 100 valence electrons. The van der Waals surface area contributed by atoms with Crippen LogP contribution in [0.4, 0.5) is 4.39 Å². The van der Waals surface area contributed by atoms with Crippen LogP contribution in [0.25, 0.3) is 0 Å². The van der Waals surface area contributed by atoms with Crippen LogP contribution in [0.5, 0.6) is 0 Å². The molecule has 0 aromatic heterocycles. The fourth-order valence-corrected chi connectivity index (χ4v) is 3.57. The zero-order chi connectivity index (χ0) is 12.8. The van der Waals surface area contributed by atoms with Crippen molar-refractivity contribution in [3.63, 3.8) is 0 Å². The highest BCUT2D eigenvalue weighted by Crippen LogP contribution is 2.25. The largest absolute Gasteiger partial charge is 0.306 e. The minimum Gasteiger partial charge on any atom is -0.306 e. The molecule has 0 saturated carbocycles. The Bertz CT molecular complexity index is 346. The predicted molar refractivity (Wildman–Crippen MR) is 77.5 cm³/mol. The van der Waals surface area contributed by atoms with E-state index in [0.29, 0.717) is 12.1 Å². The number of hydrogen-bond donors (Lipinski definition) is 1. The molecule has 2 unspecified atom stereocenters. The zero-order valence-corrected chi connectivity index (χ0v) is 11.8. The first kappa shape index (κ1) is 13.9. The van der Waals surface area contributed by atoms with Crippen molar-refractivity contribution in [3.05, 3.63) is 35.6 Å². The molecule has 3 heteroatoms. The minimum atomic E-state index is -0.149. The molecule has 0 aliphatic carbocycles. The summed E-state index contributed by atoms with van der Waals surface area (Å²) in [5.74, 6) is 2.33. The summed E-state index contributed by atoms with van der Waals surface area (Å²) in [6, 6.07) is 7.99. The molecule has 1 fully saturated rings.